The van der Waals surface area contributed by atoms with E-state index in [-0.39, 0.29) is 0 Å². The number of hydrogen-bond acceptors (Lipinski definition) is 2. The number of thioether (sulfide) groups is 1. The van der Waals surface area contributed by atoms with Crippen LogP contribution in [0.2, 0.25) is 0 Å². The van der Waals surface area contributed by atoms with E-state index >= 15 is 0 Å². The Hall–Kier alpha value is 0.310. The Morgan fingerprint density at radius 3 is 2.60 bits per heavy atom. The highest BCUT2D eigenvalue weighted by molar-refractivity contribution is 7.98. The van der Waals surface area contributed by atoms with Gasteiger partial charge in [-0.2, -0.15) is 11.8 Å². The maximum absolute atomic E-state index is 3.60. The average Bonchev–Trinajstić information content (AvgIpc) is 2.28. The van der Waals surface area contributed by atoms with Crippen LogP contribution in [0.3, 0.4) is 0 Å². The summed E-state index contributed by atoms with van der Waals surface area (Å²) in [5.41, 5.74) is 0. The summed E-state index contributed by atoms with van der Waals surface area (Å²) < 4.78 is 0. The van der Waals surface area contributed by atoms with Gasteiger partial charge in [0.1, 0.15) is 0 Å². The third-order valence-electron chi connectivity index (χ3n) is 3.59. The molecule has 2 heteroatoms. The Balaban J connectivity index is 2.22. The van der Waals surface area contributed by atoms with Crippen molar-refractivity contribution in [3.05, 3.63) is 0 Å². The molecule has 0 aromatic heterocycles. The second-order valence-electron chi connectivity index (χ2n) is 4.79. The highest BCUT2D eigenvalue weighted by Crippen LogP contribution is 2.32. The molecule has 1 N–H and O–H groups in total. The SMILES string of the molecule is CCCNCC1CCCCC1CCSC. The first-order valence-electron chi connectivity index (χ1n) is 6.58. The average molecular weight is 229 g/mol. The number of rotatable bonds is 7. The lowest BCUT2D eigenvalue weighted by Gasteiger charge is -2.31. The first kappa shape index (κ1) is 13.4. The van der Waals surface area contributed by atoms with Gasteiger partial charge in [0.05, 0.1) is 0 Å². The third kappa shape index (κ3) is 5.26. The molecule has 0 bridgehead atoms. The van der Waals surface area contributed by atoms with E-state index in [1.807, 2.05) is 11.8 Å². The normalized spacial score (nSPS) is 26.8. The summed E-state index contributed by atoms with van der Waals surface area (Å²) in [7, 11) is 0. The van der Waals surface area contributed by atoms with E-state index in [1.54, 1.807) is 0 Å². The van der Waals surface area contributed by atoms with Crippen molar-refractivity contribution in [3.63, 3.8) is 0 Å². The standard InChI is InChI=1S/C13H27NS/c1-3-9-14-11-13-7-5-4-6-12(13)8-10-15-2/h12-14H,3-11H2,1-2H3. The van der Waals surface area contributed by atoms with Crippen LogP contribution < -0.4 is 5.32 Å². The lowest BCUT2D eigenvalue weighted by atomic mass is 9.78. The highest BCUT2D eigenvalue weighted by atomic mass is 32.2. The van der Waals surface area contributed by atoms with Gasteiger partial charge in [-0.15, -0.1) is 0 Å². The fraction of sp³-hybridized carbons (Fsp3) is 1.00. The molecule has 2 unspecified atom stereocenters. The van der Waals surface area contributed by atoms with E-state index in [0.29, 0.717) is 0 Å². The topological polar surface area (TPSA) is 12.0 Å². The maximum Gasteiger partial charge on any atom is -0.00179 e. The van der Waals surface area contributed by atoms with Crippen molar-refractivity contribution in [2.24, 2.45) is 11.8 Å². The molecule has 0 saturated heterocycles. The van der Waals surface area contributed by atoms with E-state index in [4.69, 9.17) is 0 Å². The van der Waals surface area contributed by atoms with Gasteiger partial charge in [-0.1, -0.05) is 26.2 Å². The van der Waals surface area contributed by atoms with Crippen molar-refractivity contribution in [3.8, 4) is 0 Å². The lowest BCUT2D eigenvalue weighted by Crippen LogP contribution is -2.31. The van der Waals surface area contributed by atoms with Crippen LogP contribution in [0, 0.1) is 11.8 Å². The molecule has 0 heterocycles. The summed E-state index contributed by atoms with van der Waals surface area (Å²) in [6.07, 6.45) is 10.8. The largest absolute Gasteiger partial charge is 0.316 e. The molecule has 0 aliphatic heterocycles. The Bertz CT molecular complexity index is 149. The van der Waals surface area contributed by atoms with E-state index in [2.05, 4.69) is 18.5 Å². The minimum Gasteiger partial charge on any atom is -0.316 e. The van der Waals surface area contributed by atoms with Crippen molar-refractivity contribution in [1.29, 1.82) is 0 Å². The second-order valence-corrected chi connectivity index (χ2v) is 5.78. The van der Waals surface area contributed by atoms with Crippen LogP contribution in [-0.4, -0.2) is 25.1 Å². The highest BCUT2D eigenvalue weighted by Gasteiger charge is 2.23. The zero-order valence-corrected chi connectivity index (χ0v) is 11.2. The first-order valence-corrected chi connectivity index (χ1v) is 7.97. The molecule has 0 amide bonds. The quantitative estimate of drug-likeness (QED) is 0.670. The van der Waals surface area contributed by atoms with Crippen molar-refractivity contribution in [2.45, 2.75) is 45.4 Å². The lowest BCUT2D eigenvalue weighted by molar-refractivity contribution is 0.225. The molecule has 90 valence electrons. The molecule has 2 atom stereocenters. The van der Waals surface area contributed by atoms with Crippen LogP contribution in [-0.2, 0) is 0 Å². The van der Waals surface area contributed by atoms with Crippen LogP contribution in [0.5, 0.6) is 0 Å². The predicted molar refractivity (Wildman–Crippen MR) is 71.6 cm³/mol. The minimum absolute atomic E-state index is 0.970. The Labute approximate surface area is 99.8 Å². The summed E-state index contributed by atoms with van der Waals surface area (Å²) in [5, 5.41) is 3.60. The van der Waals surface area contributed by atoms with Crippen molar-refractivity contribution in [2.75, 3.05) is 25.1 Å². The molecule has 1 aliphatic rings. The van der Waals surface area contributed by atoms with Gasteiger partial charge in [-0.25, -0.2) is 0 Å². The first-order chi connectivity index (χ1) is 7.38. The van der Waals surface area contributed by atoms with Crippen LogP contribution >= 0.6 is 11.8 Å². The number of hydrogen-bond donors (Lipinski definition) is 1. The molecule has 1 fully saturated rings. The molecule has 1 nitrogen and oxygen atoms in total. The Morgan fingerprint density at radius 2 is 1.93 bits per heavy atom. The summed E-state index contributed by atoms with van der Waals surface area (Å²) in [4.78, 5) is 0. The maximum atomic E-state index is 3.60. The minimum atomic E-state index is 0.970. The van der Waals surface area contributed by atoms with Crippen LogP contribution in [0.15, 0.2) is 0 Å². The molecule has 0 aromatic carbocycles. The fourth-order valence-corrected chi connectivity index (χ4v) is 3.21. The van der Waals surface area contributed by atoms with Crippen LogP contribution in [0.25, 0.3) is 0 Å². The van der Waals surface area contributed by atoms with Crippen molar-refractivity contribution in [1.82, 2.24) is 5.32 Å². The van der Waals surface area contributed by atoms with Crippen molar-refractivity contribution < 1.29 is 0 Å². The summed E-state index contributed by atoms with van der Waals surface area (Å²) >= 11 is 2.01. The van der Waals surface area contributed by atoms with Gasteiger partial charge in [0, 0.05) is 0 Å². The van der Waals surface area contributed by atoms with Gasteiger partial charge >= 0.3 is 0 Å². The zero-order chi connectivity index (χ0) is 10.9. The monoisotopic (exact) mass is 229 g/mol. The smallest absolute Gasteiger partial charge is 0.00179 e. The summed E-state index contributed by atoms with van der Waals surface area (Å²) in [6.45, 7) is 4.72. The van der Waals surface area contributed by atoms with E-state index in [0.717, 1.165) is 11.8 Å². The molecular formula is C13H27NS. The Morgan fingerprint density at radius 1 is 1.20 bits per heavy atom. The molecule has 0 aromatic rings. The molecule has 1 rings (SSSR count). The van der Waals surface area contributed by atoms with Crippen LogP contribution in [0.4, 0.5) is 0 Å². The fourth-order valence-electron chi connectivity index (χ4n) is 2.67. The van der Waals surface area contributed by atoms with E-state index in [1.165, 1.54) is 57.4 Å². The molecular weight excluding hydrogens is 202 g/mol. The van der Waals surface area contributed by atoms with Gasteiger partial charge in [0.25, 0.3) is 0 Å². The van der Waals surface area contributed by atoms with Gasteiger partial charge in [-0.3, -0.25) is 0 Å². The summed E-state index contributed by atoms with van der Waals surface area (Å²) in [5.74, 6) is 3.34. The molecule has 1 saturated carbocycles. The molecule has 15 heavy (non-hydrogen) atoms. The third-order valence-corrected chi connectivity index (χ3v) is 4.24. The van der Waals surface area contributed by atoms with Gasteiger partial charge in [0.15, 0.2) is 0 Å². The van der Waals surface area contributed by atoms with Gasteiger partial charge in [0.2, 0.25) is 0 Å². The number of nitrogens with one attached hydrogen (secondary N) is 1. The van der Waals surface area contributed by atoms with E-state index < -0.39 is 0 Å². The summed E-state index contributed by atoms with van der Waals surface area (Å²) in [6, 6.07) is 0. The second kappa shape index (κ2) is 8.46. The van der Waals surface area contributed by atoms with Gasteiger partial charge < -0.3 is 5.32 Å². The Kier molecular flexibility index (Phi) is 7.54. The van der Waals surface area contributed by atoms with E-state index in [9.17, 15) is 0 Å². The van der Waals surface area contributed by atoms with Crippen molar-refractivity contribution >= 4 is 11.8 Å². The predicted octanol–water partition coefficient (Wildman–Crippen LogP) is 3.55. The van der Waals surface area contributed by atoms with Gasteiger partial charge in [-0.05, 0) is 56.2 Å². The molecule has 1 aliphatic carbocycles. The van der Waals surface area contributed by atoms with Crippen LogP contribution in [0.1, 0.15) is 45.4 Å². The zero-order valence-electron chi connectivity index (χ0n) is 10.4. The molecule has 0 radical (unpaired) electrons. The molecule has 0 spiro atoms.